The van der Waals surface area contributed by atoms with Gasteiger partial charge in [0, 0.05) is 25.1 Å². The second-order valence-corrected chi connectivity index (χ2v) is 6.75. The zero-order valence-corrected chi connectivity index (χ0v) is 11.1. The summed E-state index contributed by atoms with van der Waals surface area (Å²) >= 11 is 0. The molecule has 0 aliphatic heterocycles. The molecule has 0 bridgehead atoms. The fraction of sp³-hybridized carbons (Fsp3) is 0.250. The number of nitrogens with one attached hydrogen (secondary N) is 1. The Hall–Kier alpha value is -1.54. The SMILES string of the molecule is Cc1cc(NP(C)(=O)c2ccccc2)n(C)n1. The normalized spacial score (nSPS) is 14.3. The van der Waals surface area contributed by atoms with Crippen LogP contribution in [0.1, 0.15) is 5.69 Å². The van der Waals surface area contributed by atoms with Gasteiger partial charge in [0.25, 0.3) is 0 Å². The van der Waals surface area contributed by atoms with Crippen LogP contribution >= 0.6 is 7.29 Å². The summed E-state index contributed by atoms with van der Waals surface area (Å²) in [4.78, 5) is 0. The van der Waals surface area contributed by atoms with Gasteiger partial charge in [0.15, 0.2) is 7.29 Å². The minimum atomic E-state index is -2.59. The quantitative estimate of drug-likeness (QED) is 0.849. The highest BCUT2D eigenvalue weighted by atomic mass is 31.2. The standard InChI is InChI=1S/C12H16N3OP/c1-10-9-12(15(2)13-10)14-17(3,16)11-7-5-4-6-8-11/h4-9H,1-3H3,(H,14,16). The van der Waals surface area contributed by atoms with E-state index in [-0.39, 0.29) is 0 Å². The molecule has 1 atom stereocenters. The summed E-state index contributed by atoms with van der Waals surface area (Å²) in [6.07, 6.45) is 0. The van der Waals surface area contributed by atoms with Gasteiger partial charge in [-0.25, -0.2) is 0 Å². The molecule has 90 valence electrons. The van der Waals surface area contributed by atoms with Crippen LogP contribution in [0.15, 0.2) is 36.4 Å². The minimum absolute atomic E-state index is 0.775. The van der Waals surface area contributed by atoms with E-state index >= 15 is 0 Å². The molecule has 1 N–H and O–H groups in total. The van der Waals surface area contributed by atoms with Gasteiger partial charge in [0.2, 0.25) is 0 Å². The van der Waals surface area contributed by atoms with Crippen LogP contribution in [0.3, 0.4) is 0 Å². The van der Waals surface area contributed by atoms with Crippen molar-refractivity contribution in [1.82, 2.24) is 9.78 Å². The highest BCUT2D eigenvalue weighted by Crippen LogP contribution is 2.39. The molecule has 0 spiro atoms. The van der Waals surface area contributed by atoms with E-state index in [9.17, 15) is 4.57 Å². The van der Waals surface area contributed by atoms with Crippen molar-refractivity contribution in [1.29, 1.82) is 0 Å². The predicted molar refractivity (Wildman–Crippen MR) is 71.2 cm³/mol. The number of nitrogens with zero attached hydrogens (tertiary/aromatic N) is 2. The lowest BCUT2D eigenvalue weighted by atomic mass is 10.4. The van der Waals surface area contributed by atoms with Gasteiger partial charge >= 0.3 is 0 Å². The highest BCUT2D eigenvalue weighted by molar-refractivity contribution is 7.72. The van der Waals surface area contributed by atoms with Gasteiger partial charge in [-0.3, -0.25) is 9.25 Å². The van der Waals surface area contributed by atoms with Crippen LogP contribution in [0.4, 0.5) is 5.82 Å². The Balaban J connectivity index is 2.30. The predicted octanol–water partition coefficient (Wildman–Crippen LogP) is 2.37. The van der Waals surface area contributed by atoms with E-state index in [1.807, 2.05) is 50.4 Å². The largest absolute Gasteiger partial charge is 0.318 e. The number of hydrogen-bond donors (Lipinski definition) is 1. The molecule has 2 aromatic rings. The molecule has 0 aliphatic rings. The first-order valence-electron chi connectivity index (χ1n) is 5.41. The maximum absolute atomic E-state index is 12.6. The lowest BCUT2D eigenvalue weighted by Crippen LogP contribution is -2.12. The molecular weight excluding hydrogens is 233 g/mol. The average molecular weight is 249 g/mol. The summed E-state index contributed by atoms with van der Waals surface area (Å²) in [6, 6.07) is 11.3. The fourth-order valence-electron chi connectivity index (χ4n) is 1.71. The number of aryl methyl sites for hydroxylation is 2. The molecule has 2 rings (SSSR count). The summed E-state index contributed by atoms with van der Waals surface area (Å²) in [5.41, 5.74) is 0.906. The lowest BCUT2D eigenvalue weighted by molar-refractivity contribution is 0.587. The Morgan fingerprint density at radius 3 is 2.47 bits per heavy atom. The van der Waals surface area contributed by atoms with Crippen molar-refractivity contribution >= 4 is 18.4 Å². The van der Waals surface area contributed by atoms with E-state index in [4.69, 9.17) is 0 Å². The zero-order chi connectivity index (χ0) is 12.5. The van der Waals surface area contributed by atoms with Crippen molar-refractivity contribution in [2.45, 2.75) is 6.92 Å². The molecule has 1 aromatic heterocycles. The highest BCUT2D eigenvalue weighted by Gasteiger charge is 2.19. The second kappa shape index (κ2) is 4.38. The van der Waals surface area contributed by atoms with Gasteiger partial charge in [-0.1, -0.05) is 18.2 Å². The monoisotopic (exact) mass is 249 g/mol. The Bertz CT molecular complexity index is 562. The molecule has 1 unspecified atom stereocenters. The fourth-order valence-corrected chi connectivity index (χ4v) is 3.23. The van der Waals surface area contributed by atoms with Gasteiger partial charge in [0.1, 0.15) is 5.82 Å². The van der Waals surface area contributed by atoms with E-state index in [1.54, 1.807) is 11.3 Å². The Kier molecular flexibility index (Phi) is 3.07. The van der Waals surface area contributed by atoms with Crippen molar-refractivity contribution in [3.63, 3.8) is 0 Å². The minimum Gasteiger partial charge on any atom is -0.318 e. The average Bonchev–Trinajstić information content (AvgIpc) is 2.58. The van der Waals surface area contributed by atoms with E-state index in [0.29, 0.717) is 0 Å². The molecule has 1 aromatic carbocycles. The molecule has 4 nitrogen and oxygen atoms in total. The second-order valence-electron chi connectivity index (χ2n) is 4.17. The summed E-state index contributed by atoms with van der Waals surface area (Å²) in [5.74, 6) is 0.775. The van der Waals surface area contributed by atoms with Crippen molar-refractivity contribution < 1.29 is 4.57 Å². The number of hydrogen-bond acceptors (Lipinski definition) is 2. The molecule has 0 amide bonds. The van der Waals surface area contributed by atoms with Gasteiger partial charge in [-0.2, -0.15) is 5.10 Å². The first kappa shape index (κ1) is 11.9. The van der Waals surface area contributed by atoms with Crippen molar-refractivity contribution in [3.05, 3.63) is 42.1 Å². The third-order valence-electron chi connectivity index (χ3n) is 2.58. The Morgan fingerprint density at radius 1 is 1.29 bits per heavy atom. The van der Waals surface area contributed by atoms with Crippen molar-refractivity contribution in [2.24, 2.45) is 7.05 Å². The zero-order valence-electron chi connectivity index (χ0n) is 10.2. The molecule has 0 aliphatic carbocycles. The molecule has 17 heavy (non-hydrogen) atoms. The summed E-state index contributed by atoms with van der Waals surface area (Å²) in [5, 5.41) is 8.12. The third-order valence-corrected chi connectivity index (χ3v) is 4.52. The third kappa shape index (κ3) is 2.59. The number of benzene rings is 1. The molecule has 0 radical (unpaired) electrons. The van der Waals surface area contributed by atoms with Crippen molar-refractivity contribution in [2.75, 3.05) is 11.8 Å². The maximum atomic E-state index is 12.6. The topological polar surface area (TPSA) is 46.9 Å². The molecular formula is C12H16N3OP. The van der Waals surface area contributed by atoms with Crippen LogP contribution < -0.4 is 10.4 Å². The van der Waals surface area contributed by atoms with Gasteiger partial charge < -0.3 is 5.09 Å². The number of anilines is 1. The summed E-state index contributed by atoms with van der Waals surface area (Å²) in [7, 11) is -0.758. The van der Waals surface area contributed by atoms with Crippen LogP contribution in [0.2, 0.25) is 0 Å². The number of aromatic nitrogens is 2. The van der Waals surface area contributed by atoms with E-state index < -0.39 is 7.29 Å². The molecule has 5 heteroatoms. The summed E-state index contributed by atoms with van der Waals surface area (Å²) < 4.78 is 14.3. The molecule has 0 saturated heterocycles. The van der Waals surface area contributed by atoms with E-state index in [1.165, 1.54) is 0 Å². The summed E-state index contributed by atoms with van der Waals surface area (Å²) in [6.45, 7) is 3.64. The van der Waals surface area contributed by atoms with Gasteiger partial charge in [-0.05, 0) is 19.1 Å². The van der Waals surface area contributed by atoms with Crippen LogP contribution in [-0.4, -0.2) is 16.4 Å². The Morgan fingerprint density at radius 2 is 1.94 bits per heavy atom. The lowest BCUT2D eigenvalue weighted by Gasteiger charge is -2.16. The van der Waals surface area contributed by atoms with Gasteiger partial charge in [-0.15, -0.1) is 0 Å². The van der Waals surface area contributed by atoms with Crippen LogP contribution in [0.25, 0.3) is 0 Å². The van der Waals surface area contributed by atoms with Crippen LogP contribution in [-0.2, 0) is 11.6 Å². The molecule has 0 saturated carbocycles. The number of rotatable bonds is 3. The van der Waals surface area contributed by atoms with Crippen LogP contribution in [0, 0.1) is 6.92 Å². The Labute approximate surface area is 101 Å². The molecule has 0 fully saturated rings. The van der Waals surface area contributed by atoms with Crippen molar-refractivity contribution in [3.8, 4) is 0 Å². The maximum Gasteiger partial charge on any atom is 0.196 e. The van der Waals surface area contributed by atoms with Crippen LogP contribution in [0.5, 0.6) is 0 Å². The molecule has 1 heterocycles. The first-order valence-corrected chi connectivity index (χ1v) is 7.56. The first-order chi connectivity index (χ1) is 7.99. The van der Waals surface area contributed by atoms with E-state index in [0.717, 1.165) is 16.8 Å². The smallest absolute Gasteiger partial charge is 0.196 e. The van der Waals surface area contributed by atoms with E-state index in [2.05, 4.69) is 10.2 Å². The van der Waals surface area contributed by atoms with Gasteiger partial charge in [0.05, 0.1) is 5.69 Å².